The van der Waals surface area contributed by atoms with Crippen molar-refractivity contribution in [2.75, 3.05) is 13.1 Å². The molecule has 1 fully saturated rings. The molecule has 0 spiro atoms. The zero-order chi connectivity index (χ0) is 15.5. The summed E-state index contributed by atoms with van der Waals surface area (Å²) in [4.78, 5) is 15.9. The highest BCUT2D eigenvalue weighted by Crippen LogP contribution is 2.26. The number of carbonyl (C=O) groups is 1. The van der Waals surface area contributed by atoms with Gasteiger partial charge < -0.3 is 4.90 Å². The topological polar surface area (TPSA) is 51.0 Å². The predicted octanol–water partition coefficient (Wildman–Crippen LogP) is 2.99. The van der Waals surface area contributed by atoms with Gasteiger partial charge in [0.2, 0.25) is 5.91 Å². The number of nitrogens with zero attached hydrogens (tertiary/aromatic N) is 4. The third-order valence-electron chi connectivity index (χ3n) is 3.93. The molecule has 1 saturated heterocycles. The van der Waals surface area contributed by atoms with Gasteiger partial charge in [-0.3, -0.25) is 4.79 Å². The molecule has 1 amide bonds. The SMILES string of the molecule is O=C(CCc1c(Cl)cccc1Cl)N1CC[C@H](n2nccn2)C1. The first-order valence-corrected chi connectivity index (χ1v) is 7.97. The summed E-state index contributed by atoms with van der Waals surface area (Å²) in [7, 11) is 0. The summed E-state index contributed by atoms with van der Waals surface area (Å²) >= 11 is 12.3. The van der Waals surface area contributed by atoms with Crippen LogP contribution < -0.4 is 0 Å². The van der Waals surface area contributed by atoms with Crippen LogP contribution in [-0.2, 0) is 11.2 Å². The highest BCUT2D eigenvalue weighted by molar-refractivity contribution is 6.36. The zero-order valence-corrected chi connectivity index (χ0v) is 13.5. The van der Waals surface area contributed by atoms with Gasteiger partial charge in [0.1, 0.15) is 0 Å². The number of likely N-dealkylation sites (tertiary alicyclic amines) is 1. The molecule has 5 nitrogen and oxygen atoms in total. The molecule has 1 aliphatic rings. The Labute approximate surface area is 138 Å². The third-order valence-corrected chi connectivity index (χ3v) is 4.64. The number of hydrogen-bond donors (Lipinski definition) is 0. The Morgan fingerprint density at radius 1 is 1.23 bits per heavy atom. The van der Waals surface area contributed by atoms with Crippen LogP contribution >= 0.6 is 23.2 Å². The minimum Gasteiger partial charge on any atom is -0.340 e. The molecule has 0 saturated carbocycles. The fraction of sp³-hybridized carbons (Fsp3) is 0.400. The molecular weight excluding hydrogens is 323 g/mol. The average molecular weight is 339 g/mol. The Morgan fingerprint density at radius 3 is 2.59 bits per heavy atom. The van der Waals surface area contributed by atoms with E-state index in [9.17, 15) is 4.79 Å². The van der Waals surface area contributed by atoms with E-state index >= 15 is 0 Å². The molecule has 0 bridgehead atoms. The summed E-state index contributed by atoms with van der Waals surface area (Å²) in [5, 5.41) is 9.51. The van der Waals surface area contributed by atoms with E-state index in [1.54, 1.807) is 35.4 Å². The van der Waals surface area contributed by atoms with Crippen LogP contribution in [0.1, 0.15) is 24.4 Å². The van der Waals surface area contributed by atoms with E-state index < -0.39 is 0 Å². The Bertz CT molecular complexity index is 639. The van der Waals surface area contributed by atoms with Crippen molar-refractivity contribution >= 4 is 29.1 Å². The normalized spacial score (nSPS) is 17.9. The number of halogens is 2. The number of carbonyl (C=O) groups excluding carboxylic acids is 1. The minimum absolute atomic E-state index is 0.116. The van der Waals surface area contributed by atoms with E-state index in [-0.39, 0.29) is 11.9 Å². The second kappa shape index (κ2) is 6.67. The van der Waals surface area contributed by atoms with Gasteiger partial charge in [-0.15, -0.1) is 0 Å². The molecule has 116 valence electrons. The van der Waals surface area contributed by atoms with Crippen LogP contribution in [0.2, 0.25) is 10.0 Å². The number of amides is 1. The lowest BCUT2D eigenvalue weighted by Crippen LogP contribution is -2.29. The number of aromatic nitrogens is 3. The van der Waals surface area contributed by atoms with Crippen LogP contribution in [0.4, 0.5) is 0 Å². The Balaban J connectivity index is 1.57. The molecule has 22 heavy (non-hydrogen) atoms. The molecule has 3 rings (SSSR count). The highest BCUT2D eigenvalue weighted by atomic mass is 35.5. The fourth-order valence-electron chi connectivity index (χ4n) is 2.73. The van der Waals surface area contributed by atoms with Crippen molar-refractivity contribution in [3.05, 3.63) is 46.2 Å². The smallest absolute Gasteiger partial charge is 0.222 e. The summed E-state index contributed by atoms with van der Waals surface area (Å²) in [6.45, 7) is 1.39. The quantitative estimate of drug-likeness (QED) is 0.860. The van der Waals surface area contributed by atoms with Crippen LogP contribution in [0, 0.1) is 0 Å². The summed E-state index contributed by atoms with van der Waals surface area (Å²) in [5.74, 6) is 0.116. The molecule has 1 aliphatic heterocycles. The average Bonchev–Trinajstić information content (AvgIpc) is 3.17. The molecule has 0 unspecified atom stereocenters. The maximum Gasteiger partial charge on any atom is 0.222 e. The Kier molecular flexibility index (Phi) is 4.64. The maximum atomic E-state index is 12.3. The van der Waals surface area contributed by atoms with Gasteiger partial charge in [-0.05, 0) is 30.5 Å². The van der Waals surface area contributed by atoms with Crippen molar-refractivity contribution in [2.24, 2.45) is 0 Å². The Morgan fingerprint density at radius 2 is 1.91 bits per heavy atom. The van der Waals surface area contributed by atoms with Crippen molar-refractivity contribution in [1.82, 2.24) is 19.9 Å². The van der Waals surface area contributed by atoms with E-state index in [2.05, 4.69) is 10.2 Å². The number of hydrogen-bond acceptors (Lipinski definition) is 3. The van der Waals surface area contributed by atoms with Gasteiger partial charge in [-0.25, -0.2) is 0 Å². The van der Waals surface area contributed by atoms with E-state index in [0.29, 0.717) is 29.4 Å². The van der Waals surface area contributed by atoms with E-state index in [4.69, 9.17) is 23.2 Å². The van der Waals surface area contributed by atoms with Crippen molar-refractivity contribution in [3.8, 4) is 0 Å². The molecule has 2 aromatic rings. The first-order chi connectivity index (χ1) is 10.6. The van der Waals surface area contributed by atoms with Crippen LogP contribution in [0.25, 0.3) is 0 Å². The molecule has 1 aromatic carbocycles. The summed E-state index contributed by atoms with van der Waals surface area (Å²) < 4.78 is 0. The van der Waals surface area contributed by atoms with Crippen LogP contribution in [0.15, 0.2) is 30.6 Å². The van der Waals surface area contributed by atoms with Gasteiger partial charge in [0.05, 0.1) is 18.4 Å². The van der Waals surface area contributed by atoms with Crippen molar-refractivity contribution < 1.29 is 4.79 Å². The lowest BCUT2D eigenvalue weighted by Gasteiger charge is -2.16. The van der Waals surface area contributed by atoms with E-state index in [1.807, 2.05) is 4.90 Å². The second-order valence-electron chi connectivity index (χ2n) is 5.33. The van der Waals surface area contributed by atoms with Gasteiger partial charge in [0.25, 0.3) is 0 Å². The lowest BCUT2D eigenvalue weighted by atomic mass is 10.1. The lowest BCUT2D eigenvalue weighted by molar-refractivity contribution is -0.130. The monoisotopic (exact) mass is 338 g/mol. The Hall–Kier alpha value is -1.59. The van der Waals surface area contributed by atoms with Gasteiger partial charge in [-0.2, -0.15) is 15.0 Å². The molecule has 1 aromatic heterocycles. The molecule has 0 radical (unpaired) electrons. The summed E-state index contributed by atoms with van der Waals surface area (Å²) in [5.41, 5.74) is 0.837. The highest BCUT2D eigenvalue weighted by Gasteiger charge is 2.28. The van der Waals surface area contributed by atoms with Crippen LogP contribution in [0.5, 0.6) is 0 Å². The number of rotatable bonds is 4. The second-order valence-corrected chi connectivity index (χ2v) is 6.15. The first-order valence-electron chi connectivity index (χ1n) is 7.21. The van der Waals surface area contributed by atoms with Gasteiger partial charge >= 0.3 is 0 Å². The van der Waals surface area contributed by atoms with Gasteiger partial charge in [-0.1, -0.05) is 29.3 Å². The largest absolute Gasteiger partial charge is 0.340 e. The van der Waals surface area contributed by atoms with Gasteiger partial charge in [0, 0.05) is 29.6 Å². The predicted molar refractivity (Wildman–Crippen MR) is 85.0 cm³/mol. The van der Waals surface area contributed by atoms with Crippen LogP contribution in [-0.4, -0.2) is 38.9 Å². The molecular formula is C15H16Cl2N4O. The molecule has 0 aliphatic carbocycles. The number of benzene rings is 1. The first kappa shape index (κ1) is 15.3. The third kappa shape index (κ3) is 3.25. The maximum absolute atomic E-state index is 12.3. The molecule has 7 heteroatoms. The standard InChI is InChI=1S/C15H16Cl2N4O/c16-13-2-1-3-14(17)12(13)4-5-15(22)20-9-6-11(10-20)21-18-7-8-19-21/h1-3,7-8,11H,4-6,9-10H2/t11-/m0/s1. The van der Waals surface area contributed by atoms with Crippen molar-refractivity contribution in [3.63, 3.8) is 0 Å². The van der Waals surface area contributed by atoms with Crippen molar-refractivity contribution in [1.29, 1.82) is 0 Å². The van der Waals surface area contributed by atoms with E-state index in [0.717, 1.165) is 18.5 Å². The van der Waals surface area contributed by atoms with Gasteiger partial charge in [0.15, 0.2) is 0 Å². The molecule has 0 N–H and O–H groups in total. The molecule has 2 heterocycles. The van der Waals surface area contributed by atoms with E-state index in [1.165, 1.54) is 0 Å². The van der Waals surface area contributed by atoms with Crippen molar-refractivity contribution in [2.45, 2.75) is 25.3 Å². The molecule has 1 atom stereocenters. The summed E-state index contributed by atoms with van der Waals surface area (Å²) in [6.07, 6.45) is 5.16. The minimum atomic E-state index is 0.116. The summed E-state index contributed by atoms with van der Waals surface area (Å²) in [6, 6.07) is 5.56. The zero-order valence-electron chi connectivity index (χ0n) is 12.0. The van der Waals surface area contributed by atoms with Crippen LogP contribution in [0.3, 0.4) is 0 Å². The fourth-order valence-corrected chi connectivity index (χ4v) is 3.32.